The van der Waals surface area contributed by atoms with E-state index in [1.54, 1.807) is 48.5 Å². The monoisotopic (exact) mass is 238 g/mol. The van der Waals surface area contributed by atoms with Crippen molar-refractivity contribution in [1.82, 2.24) is 0 Å². The van der Waals surface area contributed by atoms with Crippen LogP contribution in [-0.4, -0.2) is 5.91 Å². The summed E-state index contributed by atoms with van der Waals surface area (Å²) in [5.74, 6) is 0.310. The van der Waals surface area contributed by atoms with E-state index in [9.17, 15) is 4.79 Å². The lowest BCUT2D eigenvalue weighted by Crippen LogP contribution is -2.11. The van der Waals surface area contributed by atoms with Crippen LogP contribution in [0, 0.1) is 11.3 Å². The van der Waals surface area contributed by atoms with E-state index in [0.717, 1.165) is 0 Å². The summed E-state index contributed by atoms with van der Waals surface area (Å²) in [5, 5.41) is 8.79. The Morgan fingerprint density at radius 3 is 2.67 bits per heavy atom. The maximum atomic E-state index is 11.2. The Kier molecular flexibility index (Phi) is 3.26. The second kappa shape index (κ2) is 5.02. The smallest absolute Gasteiger partial charge is 0.252 e. The maximum absolute atomic E-state index is 11.2. The maximum Gasteiger partial charge on any atom is 0.252 e. The predicted molar refractivity (Wildman–Crippen MR) is 66.2 cm³/mol. The zero-order valence-electron chi connectivity index (χ0n) is 9.46. The first-order valence-corrected chi connectivity index (χ1v) is 5.27. The molecule has 4 nitrogen and oxygen atoms in total. The molecule has 4 heteroatoms. The van der Waals surface area contributed by atoms with E-state index in [2.05, 4.69) is 0 Å². The van der Waals surface area contributed by atoms with Gasteiger partial charge in [-0.05, 0) is 30.3 Å². The number of para-hydroxylation sites is 1. The molecule has 0 saturated carbocycles. The van der Waals surface area contributed by atoms with E-state index in [-0.39, 0.29) is 0 Å². The Hall–Kier alpha value is -2.80. The number of benzene rings is 2. The van der Waals surface area contributed by atoms with Gasteiger partial charge >= 0.3 is 0 Å². The molecule has 0 bridgehead atoms. The van der Waals surface area contributed by atoms with Crippen LogP contribution < -0.4 is 10.5 Å². The van der Waals surface area contributed by atoms with Crippen LogP contribution in [0.15, 0.2) is 48.5 Å². The molecule has 0 fully saturated rings. The highest BCUT2D eigenvalue weighted by Gasteiger charge is 2.09. The summed E-state index contributed by atoms with van der Waals surface area (Å²) in [5.41, 5.74) is 6.05. The summed E-state index contributed by atoms with van der Waals surface area (Å²) in [6.07, 6.45) is 0. The highest BCUT2D eigenvalue weighted by Crippen LogP contribution is 2.25. The molecule has 2 aromatic rings. The Bertz CT molecular complexity index is 630. The summed E-state index contributed by atoms with van der Waals surface area (Å²) >= 11 is 0. The Labute approximate surface area is 104 Å². The minimum absolute atomic E-state index is 0.305. The highest BCUT2D eigenvalue weighted by atomic mass is 16.5. The molecule has 2 N–H and O–H groups in total. The standard InChI is InChI=1S/C14H10N2O2/c15-9-10-4-3-5-11(8-10)18-13-7-2-1-6-12(13)14(16)17/h1-8H,(H2,16,17). The lowest BCUT2D eigenvalue weighted by atomic mass is 10.2. The molecule has 1 amide bonds. The van der Waals surface area contributed by atoms with Crippen LogP contribution in [-0.2, 0) is 0 Å². The molecule has 88 valence electrons. The molecule has 0 aromatic heterocycles. The average molecular weight is 238 g/mol. The van der Waals surface area contributed by atoms with Crippen LogP contribution in [0.1, 0.15) is 15.9 Å². The third kappa shape index (κ3) is 2.47. The van der Waals surface area contributed by atoms with Crippen LogP contribution in [0.4, 0.5) is 0 Å². The van der Waals surface area contributed by atoms with Crippen molar-refractivity contribution in [3.8, 4) is 17.6 Å². The number of nitriles is 1. The predicted octanol–water partition coefficient (Wildman–Crippen LogP) is 2.45. The van der Waals surface area contributed by atoms with Crippen molar-refractivity contribution in [2.45, 2.75) is 0 Å². The lowest BCUT2D eigenvalue weighted by molar-refractivity contribution is 0.0998. The van der Waals surface area contributed by atoms with Crippen LogP contribution in [0.3, 0.4) is 0 Å². The van der Waals surface area contributed by atoms with Gasteiger partial charge in [-0.25, -0.2) is 0 Å². The Morgan fingerprint density at radius 2 is 1.94 bits per heavy atom. The number of hydrogen-bond acceptors (Lipinski definition) is 3. The fourth-order valence-corrected chi connectivity index (χ4v) is 1.52. The van der Waals surface area contributed by atoms with Gasteiger partial charge in [-0.3, -0.25) is 4.79 Å². The van der Waals surface area contributed by atoms with Gasteiger partial charge < -0.3 is 10.5 Å². The van der Waals surface area contributed by atoms with Crippen molar-refractivity contribution in [1.29, 1.82) is 5.26 Å². The van der Waals surface area contributed by atoms with Gasteiger partial charge in [-0.15, -0.1) is 0 Å². The minimum Gasteiger partial charge on any atom is -0.456 e. The molecule has 2 aromatic carbocycles. The first-order chi connectivity index (χ1) is 8.70. The summed E-state index contributed by atoms with van der Waals surface area (Å²) in [6, 6.07) is 15.4. The van der Waals surface area contributed by atoms with Crippen LogP contribution in [0.2, 0.25) is 0 Å². The Balaban J connectivity index is 2.34. The SMILES string of the molecule is N#Cc1cccc(Oc2ccccc2C(N)=O)c1. The van der Waals surface area contributed by atoms with Crippen molar-refractivity contribution in [3.05, 3.63) is 59.7 Å². The number of nitrogens with two attached hydrogens (primary N) is 1. The van der Waals surface area contributed by atoms with E-state index in [0.29, 0.717) is 22.6 Å². The van der Waals surface area contributed by atoms with Crippen LogP contribution >= 0.6 is 0 Å². The number of primary amides is 1. The van der Waals surface area contributed by atoms with Gasteiger partial charge in [0.15, 0.2) is 0 Å². The summed E-state index contributed by atoms with van der Waals surface area (Å²) in [6.45, 7) is 0. The van der Waals surface area contributed by atoms with Gasteiger partial charge in [0, 0.05) is 0 Å². The highest BCUT2D eigenvalue weighted by molar-refractivity contribution is 5.95. The molecule has 2 rings (SSSR count). The van der Waals surface area contributed by atoms with Crippen molar-refractivity contribution >= 4 is 5.91 Å². The summed E-state index contributed by atoms with van der Waals surface area (Å²) in [7, 11) is 0. The van der Waals surface area contributed by atoms with E-state index in [1.807, 2.05) is 6.07 Å². The van der Waals surface area contributed by atoms with Crippen LogP contribution in [0.5, 0.6) is 11.5 Å². The van der Waals surface area contributed by atoms with Crippen molar-refractivity contribution in [2.75, 3.05) is 0 Å². The molecule has 18 heavy (non-hydrogen) atoms. The van der Waals surface area contributed by atoms with Crippen molar-refractivity contribution in [2.24, 2.45) is 5.73 Å². The summed E-state index contributed by atoms with van der Waals surface area (Å²) < 4.78 is 5.56. The van der Waals surface area contributed by atoms with Gasteiger partial charge in [0.25, 0.3) is 5.91 Å². The number of ether oxygens (including phenoxy) is 1. The van der Waals surface area contributed by atoms with Crippen LogP contribution in [0.25, 0.3) is 0 Å². The third-order valence-corrected chi connectivity index (χ3v) is 2.34. The van der Waals surface area contributed by atoms with E-state index >= 15 is 0 Å². The van der Waals surface area contributed by atoms with Gasteiger partial charge in [-0.2, -0.15) is 5.26 Å². The number of carbonyl (C=O) groups excluding carboxylic acids is 1. The minimum atomic E-state index is -0.554. The molecule has 0 aliphatic carbocycles. The number of carbonyl (C=O) groups is 1. The third-order valence-electron chi connectivity index (χ3n) is 2.34. The van der Waals surface area contributed by atoms with Gasteiger partial charge in [-0.1, -0.05) is 18.2 Å². The van der Waals surface area contributed by atoms with Crippen molar-refractivity contribution in [3.63, 3.8) is 0 Å². The zero-order valence-corrected chi connectivity index (χ0v) is 9.46. The second-order valence-corrected chi connectivity index (χ2v) is 3.60. The number of amides is 1. The largest absolute Gasteiger partial charge is 0.456 e. The molecule has 0 spiro atoms. The second-order valence-electron chi connectivity index (χ2n) is 3.60. The van der Waals surface area contributed by atoms with Gasteiger partial charge in [0.1, 0.15) is 11.5 Å². The molecular formula is C14H10N2O2. The van der Waals surface area contributed by atoms with Crippen molar-refractivity contribution < 1.29 is 9.53 Å². The molecule has 0 atom stereocenters. The lowest BCUT2D eigenvalue weighted by Gasteiger charge is -2.08. The topological polar surface area (TPSA) is 76.1 Å². The zero-order chi connectivity index (χ0) is 13.0. The summed E-state index contributed by atoms with van der Waals surface area (Å²) in [4.78, 5) is 11.2. The number of rotatable bonds is 3. The Morgan fingerprint density at radius 1 is 1.17 bits per heavy atom. The molecule has 0 saturated heterocycles. The van der Waals surface area contributed by atoms with Gasteiger partial charge in [0.2, 0.25) is 0 Å². The molecule has 0 aliphatic heterocycles. The molecule has 0 aliphatic rings. The average Bonchev–Trinajstić information content (AvgIpc) is 2.39. The normalized spacial score (nSPS) is 9.50. The fraction of sp³-hybridized carbons (Fsp3) is 0. The first-order valence-electron chi connectivity index (χ1n) is 5.27. The molecule has 0 heterocycles. The quantitative estimate of drug-likeness (QED) is 0.892. The molecule has 0 radical (unpaired) electrons. The molecule has 0 unspecified atom stereocenters. The number of nitrogens with zero attached hydrogens (tertiary/aromatic N) is 1. The molecular weight excluding hydrogens is 228 g/mol. The number of hydrogen-bond donors (Lipinski definition) is 1. The first kappa shape index (κ1) is 11.7. The fourth-order valence-electron chi connectivity index (χ4n) is 1.52. The van der Waals surface area contributed by atoms with E-state index in [1.165, 1.54) is 0 Å². The van der Waals surface area contributed by atoms with E-state index in [4.69, 9.17) is 15.7 Å². The van der Waals surface area contributed by atoms with E-state index < -0.39 is 5.91 Å². The van der Waals surface area contributed by atoms with Gasteiger partial charge in [0.05, 0.1) is 17.2 Å².